The highest BCUT2D eigenvalue weighted by molar-refractivity contribution is 5.95. The smallest absolute Gasteiger partial charge is 0.251 e. The molecule has 29 heavy (non-hydrogen) atoms. The number of nitrogens with zero attached hydrogens (tertiary/aromatic N) is 1. The van der Waals surface area contributed by atoms with Gasteiger partial charge in [-0.25, -0.2) is 0 Å². The summed E-state index contributed by atoms with van der Waals surface area (Å²) >= 11 is 0. The molecule has 0 atom stereocenters. The lowest BCUT2D eigenvalue weighted by atomic mass is 10.0. The molecular weight excluding hydrogens is 368 g/mol. The van der Waals surface area contributed by atoms with Crippen LogP contribution in [0.25, 0.3) is 0 Å². The van der Waals surface area contributed by atoms with Crippen molar-refractivity contribution in [3.05, 3.63) is 59.2 Å². The van der Waals surface area contributed by atoms with Crippen molar-refractivity contribution >= 4 is 11.8 Å². The van der Waals surface area contributed by atoms with Crippen LogP contribution in [0, 0.1) is 6.92 Å². The Bertz CT molecular complexity index is 873. The summed E-state index contributed by atoms with van der Waals surface area (Å²) < 4.78 is 10.6. The molecule has 0 bridgehead atoms. The third-order valence-corrected chi connectivity index (χ3v) is 5.38. The Balaban J connectivity index is 1.52. The Kier molecular flexibility index (Phi) is 6.75. The zero-order chi connectivity index (χ0) is 20.8. The van der Waals surface area contributed by atoms with Gasteiger partial charge in [-0.05, 0) is 49.1 Å². The molecule has 154 valence electrons. The maximum atomic E-state index is 12.7. The second-order valence-electron chi connectivity index (χ2n) is 7.31. The summed E-state index contributed by atoms with van der Waals surface area (Å²) in [6.45, 7) is 3.22. The number of benzene rings is 2. The van der Waals surface area contributed by atoms with Crippen LogP contribution in [0.3, 0.4) is 0 Å². The summed E-state index contributed by atoms with van der Waals surface area (Å²) in [5.74, 6) is 1.31. The van der Waals surface area contributed by atoms with Crippen molar-refractivity contribution in [2.45, 2.75) is 32.2 Å². The highest BCUT2D eigenvalue weighted by Crippen LogP contribution is 2.28. The van der Waals surface area contributed by atoms with Gasteiger partial charge in [0.2, 0.25) is 5.91 Å². The number of amides is 2. The average molecular weight is 396 g/mol. The first-order chi connectivity index (χ1) is 14.0. The maximum absolute atomic E-state index is 12.7. The largest absolute Gasteiger partial charge is 0.493 e. The number of hydrogen-bond donors (Lipinski definition) is 1. The Morgan fingerprint density at radius 3 is 2.38 bits per heavy atom. The van der Waals surface area contributed by atoms with E-state index in [2.05, 4.69) is 5.32 Å². The third-order valence-electron chi connectivity index (χ3n) is 5.38. The van der Waals surface area contributed by atoms with Crippen molar-refractivity contribution in [2.75, 3.05) is 27.3 Å². The van der Waals surface area contributed by atoms with Gasteiger partial charge in [0.05, 0.1) is 20.6 Å². The molecule has 0 unspecified atom stereocenters. The molecule has 0 aliphatic carbocycles. The van der Waals surface area contributed by atoms with Gasteiger partial charge in [-0.2, -0.15) is 0 Å². The molecule has 1 saturated heterocycles. The van der Waals surface area contributed by atoms with E-state index in [1.807, 2.05) is 54.3 Å². The molecule has 2 aromatic carbocycles. The molecular formula is C23H28N2O4. The van der Waals surface area contributed by atoms with E-state index >= 15 is 0 Å². The molecule has 6 nitrogen and oxygen atoms in total. The number of carbonyl (C=O) groups is 2. The number of aryl methyl sites for hydroxylation is 1. The second kappa shape index (κ2) is 9.45. The van der Waals surface area contributed by atoms with Gasteiger partial charge in [0.15, 0.2) is 11.5 Å². The first-order valence-corrected chi connectivity index (χ1v) is 9.87. The van der Waals surface area contributed by atoms with E-state index in [4.69, 9.17) is 9.47 Å². The number of rotatable bonds is 6. The SMILES string of the molecule is COc1ccc(CC(=O)N2CCC(NC(=O)c3ccccc3C)CC2)cc1OC. The van der Waals surface area contributed by atoms with Gasteiger partial charge in [0.25, 0.3) is 5.91 Å². The number of hydrogen-bond acceptors (Lipinski definition) is 4. The molecule has 3 rings (SSSR count). The van der Waals surface area contributed by atoms with E-state index in [9.17, 15) is 9.59 Å². The number of nitrogens with one attached hydrogen (secondary N) is 1. The number of carbonyl (C=O) groups excluding carboxylic acids is 2. The quantitative estimate of drug-likeness (QED) is 0.815. The number of piperidine rings is 1. The molecule has 6 heteroatoms. The first kappa shape index (κ1) is 20.7. The second-order valence-corrected chi connectivity index (χ2v) is 7.31. The van der Waals surface area contributed by atoms with Gasteiger partial charge in [0.1, 0.15) is 0 Å². The molecule has 0 saturated carbocycles. The lowest BCUT2D eigenvalue weighted by Gasteiger charge is -2.32. The van der Waals surface area contributed by atoms with Crippen molar-refractivity contribution in [2.24, 2.45) is 0 Å². The standard InChI is InChI=1S/C23H28N2O4/c1-16-6-4-5-7-19(16)23(27)24-18-10-12-25(13-11-18)22(26)15-17-8-9-20(28-2)21(14-17)29-3/h4-9,14,18H,10-13,15H2,1-3H3,(H,24,27). The minimum Gasteiger partial charge on any atom is -0.493 e. The van der Waals surface area contributed by atoms with Crippen LogP contribution in [0.2, 0.25) is 0 Å². The Hall–Kier alpha value is -3.02. The molecule has 1 aliphatic heterocycles. The highest BCUT2D eigenvalue weighted by atomic mass is 16.5. The van der Waals surface area contributed by atoms with Crippen LogP contribution in [0.4, 0.5) is 0 Å². The topological polar surface area (TPSA) is 67.9 Å². The highest BCUT2D eigenvalue weighted by Gasteiger charge is 2.24. The van der Waals surface area contributed by atoms with E-state index in [1.165, 1.54) is 0 Å². The van der Waals surface area contributed by atoms with Gasteiger partial charge in [-0.3, -0.25) is 9.59 Å². The number of likely N-dealkylation sites (tertiary alicyclic amines) is 1. The number of methoxy groups -OCH3 is 2. The fraction of sp³-hybridized carbons (Fsp3) is 0.391. The maximum Gasteiger partial charge on any atom is 0.251 e. The minimum absolute atomic E-state index is 0.0433. The molecule has 0 spiro atoms. The lowest BCUT2D eigenvalue weighted by Crippen LogP contribution is -2.47. The molecule has 1 heterocycles. The first-order valence-electron chi connectivity index (χ1n) is 9.87. The van der Waals surface area contributed by atoms with Gasteiger partial charge in [0, 0.05) is 24.7 Å². The zero-order valence-corrected chi connectivity index (χ0v) is 17.2. The van der Waals surface area contributed by atoms with E-state index in [0.29, 0.717) is 36.6 Å². The van der Waals surface area contributed by atoms with E-state index in [-0.39, 0.29) is 17.9 Å². The fourth-order valence-corrected chi connectivity index (χ4v) is 3.64. The van der Waals surface area contributed by atoms with E-state index in [1.54, 1.807) is 14.2 Å². The fourth-order valence-electron chi connectivity index (χ4n) is 3.64. The molecule has 1 aliphatic rings. The average Bonchev–Trinajstić information content (AvgIpc) is 2.74. The Morgan fingerprint density at radius 1 is 1.03 bits per heavy atom. The van der Waals surface area contributed by atoms with Crippen molar-refractivity contribution in [3.8, 4) is 11.5 Å². The van der Waals surface area contributed by atoms with Crippen LogP contribution in [-0.2, 0) is 11.2 Å². The van der Waals surface area contributed by atoms with E-state index in [0.717, 1.165) is 24.0 Å². The number of ether oxygens (including phenoxy) is 2. The van der Waals surface area contributed by atoms with Crippen molar-refractivity contribution in [3.63, 3.8) is 0 Å². The summed E-state index contributed by atoms with van der Waals surface area (Å²) in [6, 6.07) is 13.2. The molecule has 1 fully saturated rings. The summed E-state index contributed by atoms with van der Waals surface area (Å²) in [7, 11) is 3.17. The zero-order valence-electron chi connectivity index (χ0n) is 17.2. The molecule has 0 aromatic heterocycles. The summed E-state index contributed by atoms with van der Waals surface area (Å²) in [6.07, 6.45) is 1.84. The molecule has 0 radical (unpaired) electrons. The van der Waals surface area contributed by atoms with Crippen LogP contribution in [0.15, 0.2) is 42.5 Å². The predicted molar refractivity (Wildman–Crippen MR) is 111 cm³/mol. The summed E-state index contributed by atoms with van der Waals surface area (Å²) in [5, 5.41) is 3.11. The molecule has 2 aromatic rings. The predicted octanol–water partition coefficient (Wildman–Crippen LogP) is 2.98. The third kappa shape index (κ3) is 5.08. The van der Waals surface area contributed by atoms with Crippen molar-refractivity contribution in [1.82, 2.24) is 10.2 Å². The van der Waals surface area contributed by atoms with Crippen LogP contribution in [0.5, 0.6) is 11.5 Å². The van der Waals surface area contributed by atoms with Crippen LogP contribution < -0.4 is 14.8 Å². The van der Waals surface area contributed by atoms with Crippen LogP contribution in [-0.4, -0.2) is 50.1 Å². The van der Waals surface area contributed by atoms with Gasteiger partial charge in [-0.15, -0.1) is 0 Å². The molecule has 2 amide bonds. The normalized spacial score (nSPS) is 14.4. The summed E-state index contributed by atoms with van der Waals surface area (Å²) in [4.78, 5) is 27.0. The van der Waals surface area contributed by atoms with Crippen molar-refractivity contribution in [1.29, 1.82) is 0 Å². The van der Waals surface area contributed by atoms with Gasteiger partial charge in [-0.1, -0.05) is 24.3 Å². The van der Waals surface area contributed by atoms with Crippen molar-refractivity contribution < 1.29 is 19.1 Å². The van der Waals surface area contributed by atoms with Crippen LogP contribution in [0.1, 0.15) is 34.3 Å². The molecule has 1 N–H and O–H groups in total. The van der Waals surface area contributed by atoms with Gasteiger partial charge < -0.3 is 19.7 Å². The van der Waals surface area contributed by atoms with E-state index < -0.39 is 0 Å². The summed E-state index contributed by atoms with van der Waals surface area (Å²) in [5.41, 5.74) is 2.56. The van der Waals surface area contributed by atoms with Gasteiger partial charge >= 0.3 is 0 Å². The van der Waals surface area contributed by atoms with Crippen LogP contribution >= 0.6 is 0 Å². The lowest BCUT2D eigenvalue weighted by molar-refractivity contribution is -0.131. The Morgan fingerprint density at radius 2 is 1.72 bits per heavy atom. The Labute approximate surface area is 171 Å². The monoisotopic (exact) mass is 396 g/mol. The minimum atomic E-state index is -0.0433.